The first-order valence-electron chi connectivity index (χ1n) is 6.45. The molecule has 0 fully saturated rings. The minimum absolute atomic E-state index is 0.567. The third-order valence-corrected chi connectivity index (χ3v) is 3.20. The summed E-state index contributed by atoms with van der Waals surface area (Å²) in [5, 5.41) is 3.82. The molecule has 2 aromatic rings. The molecule has 1 aromatic heterocycles. The summed E-state index contributed by atoms with van der Waals surface area (Å²) in [5.41, 5.74) is 1.91. The van der Waals surface area contributed by atoms with Crippen LogP contribution in [0.1, 0.15) is 12.5 Å². The van der Waals surface area contributed by atoms with Crippen molar-refractivity contribution in [3.05, 3.63) is 28.8 Å². The number of halogens is 1. The van der Waals surface area contributed by atoms with Gasteiger partial charge in [0, 0.05) is 31.2 Å². The van der Waals surface area contributed by atoms with Crippen LogP contribution in [0, 0.1) is 6.92 Å². The number of nitrogens with one attached hydrogen (secondary N) is 1. The Balaban J connectivity index is 2.51. The molecule has 0 bridgehead atoms. The number of rotatable bonds is 4. The summed E-state index contributed by atoms with van der Waals surface area (Å²) < 4.78 is 0. The lowest BCUT2D eigenvalue weighted by Gasteiger charge is -2.13. The fraction of sp³-hybridized carbons (Fsp3) is 0.357. The lowest BCUT2D eigenvalue weighted by atomic mass is 10.1. The van der Waals surface area contributed by atoms with E-state index in [1.54, 1.807) is 0 Å². The van der Waals surface area contributed by atoms with Crippen LogP contribution in [0.4, 0.5) is 11.9 Å². The van der Waals surface area contributed by atoms with E-state index >= 15 is 0 Å². The van der Waals surface area contributed by atoms with Gasteiger partial charge in [0.05, 0.1) is 0 Å². The maximum Gasteiger partial charge on any atom is 0.230 e. The van der Waals surface area contributed by atoms with Gasteiger partial charge in [0.2, 0.25) is 11.9 Å². The van der Waals surface area contributed by atoms with Crippen molar-refractivity contribution in [3.8, 4) is 11.4 Å². The van der Waals surface area contributed by atoms with E-state index in [2.05, 4.69) is 20.3 Å². The monoisotopic (exact) mass is 291 g/mol. The van der Waals surface area contributed by atoms with E-state index in [9.17, 15) is 0 Å². The number of nitrogens with zero attached hydrogens (tertiary/aromatic N) is 4. The Morgan fingerprint density at radius 2 is 1.95 bits per heavy atom. The summed E-state index contributed by atoms with van der Waals surface area (Å²) in [4.78, 5) is 15.1. The molecule has 5 nitrogen and oxygen atoms in total. The van der Waals surface area contributed by atoms with Gasteiger partial charge in [-0.25, -0.2) is 0 Å². The van der Waals surface area contributed by atoms with Crippen LogP contribution in [0.2, 0.25) is 5.02 Å². The molecular weight excluding hydrogens is 274 g/mol. The van der Waals surface area contributed by atoms with Gasteiger partial charge < -0.3 is 10.2 Å². The van der Waals surface area contributed by atoms with Crippen LogP contribution in [0.3, 0.4) is 0 Å². The molecule has 0 aliphatic rings. The minimum atomic E-state index is 0.567. The molecule has 1 aromatic carbocycles. The van der Waals surface area contributed by atoms with Crippen LogP contribution in [-0.2, 0) is 0 Å². The summed E-state index contributed by atoms with van der Waals surface area (Å²) >= 11 is 6.17. The molecule has 0 aliphatic heterocycles. The zero-order chi connectivity index (χ0) is 14.7. The molecule has 0 saturated carbocycles. The molecule has 0 aliphatic carbocycles. The Bertz CT molecular complexity index is 613. The predicted octanol–water partition coefficient (Wildman–Crippen LogP) is 3.00. The average Bonchev–Trinajstić information content (AvgIpc) is 2.42. The van der Waals surface area contributed by atoms with Crippen LogP contribution < -0.4 is 10.2 Å². The average molecular weight is 292 g/mol. The molecule has 20 heavy (non-hydrogen) atoms. The highest BCUT2D eigenvalue weighted by molar-refractivity contribution is 6.31. The quantitative estimate of drug-likeness (QED) is 0.938. The van der Waals surface area contributed by atoms with Crippen LogP contribution in [-0.4, -0.2) is 35.6 Å². The third-order valence-electron chi connectivity index (χ3n) is 2.79. The highest BCUT2D eigenvalue weighted by Crippen LogP contribution is 2.24. The lowest BCUT2D eigenvalue weighted by Crippen LogP contribution is -2.15. The van der Waals surface area contributed by atoms with Gasteiger partial charge in [0.25, 0.3) is 0 Å². The van der Waals surface area contributed by atoms with Gasteiger partial charge >= 0.3 is 0 Å². The molecule has 1 heterocycles. The number of hydrogen-bond donors (Lipinski definition) is 1. The first kappa shape index (κ1) is 14.5. The Labute approximate surface area is 124 Å². The second-order valence-electron chi connectivity index (χ2n) is 4.67. The Hall–Kier alpha value is -1.88. The van der Waals surface area contributed by atoms with Gasteiger partial charge in [-0.3, -0.25) is 0 Å². The first-order valence-corrected chi connectivity index (χ1v) is 6.83. The molecule has 0 radical (unpaired) electrons. The Morgan fingerprint density at radius 3 is 2.55 bits per heavy atom. The summed E-state index contributed by atoms with van der Waals surface area (Å²) in [6.45, 7) is 4.72. The topological polar surface area (TPSA) is 53.9 Å². The predicted molar refractivity (Wildman–Crippen MR) is 83.5 cm³/mol. The van der Waals surface area contributed by atoms with E-state index in [0.717, 1.165) is 17.7 Å². The van der Waals surface area contributed by atoms with Crippen LogP contribution in [0.15, 0.2) is 18.2 Å². The number of aromatic nitrogens is 3. The highest BCUT2D eigenvalue weighted by atomic mass is 35.5. The standard InChI is InChI=1S/C14H18ClN5/c1-5-16-13-17-12(18-14(19-13)20(3)4)10-7-6-9(2)11(15)8-10/h6-8H,5H2,1-4H3,(H,16,17,18,19). The maximum absolute atomic E-state index is 6.17. The van der Waals surface area contributed by atoms with Crippen LogP contribution in [0.5, 0.6) is 0 Å². The third kappa shape index (κ3) is 3.17. The van der Waals surface area contributed by atoms with E-state index in [4.69, 9.17) is 11.6 Å². The van der Waals surface area contributed by atoms with Gasteiger partial charge in [0.1, 0.15) is 0 Å². The summed E-state index contributed by atoms with van der Waals surface area (Å²) in [7, 11) is 3.80. The van der Waals surface area contributed by atoms with Crippen molar-refractivity contribution >= 4 is 23.5 Å². The van der Waals surface area contributed by atoms with E-state index in [-0.39, 0.29) is 0 Å². The number of anilines is 2. The normalized spacial score (nSPS) is 10.4. The van der Waals surface area contributed by atoms with E-state index in [1.165, 1.54) is 0 Å². The first-order chi connectivity index (χ1) is 9.51. The Kier molecular flexibility index (Phi) is 4.39. The second-order valence-corrected chi connectivity index (χ2v) is 5.08. The molecule has 0 spiro atoms. The van der Waals surface area contributed by atoms with Crippen LogP contribution in [0.25, 0.3) is 11.4 Å². The van der Waals surface area contributed by atoms with Gasteiger partial charge in [-0.1, -0.05) is 23.7 Å². The summed E-state index contributed by atoms with van der Waals surface area (Å²) in [6.07, 6.45) is 0. The van der Waals surface area contributed by atoms with Crippen LogP contribution >= 0.6 is 11.6 Å². The van der Waals surface area contributed by atoms with Crippen molar-refractivity contribution in [1.82, 2.24) is 15.0 Å². The number of aryl methyl sites for hydroxylation is 1. The van der Waals surface area contributed by atoms with Gasteiger partial charge in [0.15, 0.2) is 5.82 Å². The van der Waals surface area contributed by atoms with E-state index < -0.39 is 0 Å². The smallest absolute Gasteiger partial charge is 0.230 e. The fourth-order valence-corrected chi connectivity index (χ4v) is 1.84. The largest absolute Gasteiger partial charge is 0.354 e. The molecule has 1 N–H and O–H groups in total. The van der Waals surface area contributed by atoms with Crippen molar-refractivity contribution < 1.29 is 0 Å². The minimum Gasteiger partial charge on any atom is -0.354 e. The molecule has 0 atom stereocenters. The summed E-state index contributed by atoms with van der Waals surface area (Å²) in [6, 6.07) is 5.80. The maximum atomic E-state index is 6.17. The number of hydrogen-bond acceptors (Lipinski definition) is 5. The van der Waals surface area contributed by atoms with E-state index in [1.807, 2.05) is 51.0 Å². The number of benzene rings is 1. The molecule has 0 unspecified atom stereocenters. The van der Waals surface area contributed by atoms with Gasteiger partial charge in [-0.15, -0.1) is 0 Å². The zero-order valence-corrected chi connectivity index (χ0v) is 12.9. The fourth-order valence-electron chi connectivity index (χ4n) is 1.66. The molecule has 6 heteroatoms. The summed E-state index contributed by atoms with van der Waals surface area (Å²) in [5.74, 6) is 1.79. The molecule has 2 rings (SSSR count). The molecule has 0 amide bonds. The SMILES string of the molecule is CCNc1nc(-c2ccc(C)c(Cl)c2)nc(N(C)C)n1. The molecule has 0 saturated heterocycles. The van der Waals surface area contributed by atoms with Crippen molar-refractivity contribution in [2.75, 3.05) is 30.9 Å². The van der Waals surface area contributed by atoms with Crippen molar-refractivity contribution in [2.24, 2.45) is 0 Å². The van der Waals surface area contributed by atoms with Crippen molar-refractivity contribution in [3.63, 3.8) is 0 Å². The van der Waals surface area contributed by atoms with Crippen molar-refractivity contribution in [1.29, 1.82) is 0 Å². The van der Waals surface area contributed by atoms with Gasteiger partial charge in [-0.05, 0) is 25.5 Å². The lowest BCUT2D eigenvalue weighted by molar-refractivity contribution is 0.953. The van der Waals surface area contributed by atoms with E-state index in [0.29, 0.717) is 22.7 Å². The zero-order valence-electron chi connectivity index (χ0n) is 12.1. The van der Waals surface area contributed by atoms with Crippen molar-refractivity contribution in [2.45, 2.75) is 13.8 Å². The Morgan fingerprint density at radius 1 is 1.20 bits per heavy atom. The highest BCUT2D eigenvalue weighted by Gasteiger charge is 2.10. The molecular formula is C14H18ClN5. The second kappa shape index (κ2) is 6.05. The van der Waals surface area contributed by atoms with Gasteiger partial charge in [-0.2, -0.15) is 15.0 Å². The molecule has 106 valence electrons.